The quantitative estimate of drug-likeness (QED) is 0.210. The van der Waals surface area contributed by atoms with Crippen molar-refractivity contribution in [2.75, 3.05) is 33.9 Å². The number of ether oxygens (including phenoxy) is 2. The molecule has 1 unspecified atom stereocenters. The summed E-state index contributed by atoms with van der Waals surface area (Å²) in [6.07, 6.45) is 5.26. The zero-order valence-corrected chi connectivity index (χ0v) is 19.1. The molecule has 0 amide bonds. The third-order valence-electron chi connectivity index (χ3n) is 4.23. The minimum Gasteiger partial charge on any atom is -0.493 e. The van der Waals surface area contributed by atoms with E-state index in [-0.39, 0.29) is 43.1 Å². The molecule has 2 rings (SSSR count). The Morgan fingerprint density at radius 3 is 2.55 bits per heavy atom. The molecule has 0 heterocycles. The van der Waals surface area contributed by atoms with Gasteiger partial charge in [-0.25, -0.2) is 0 Å². The van der Waals surface area contributed by atoms with Gasteiger partial charge in [0.05, 0.1) is 13.7 Å². The van der Waals surface area contributed by atoms with E-state index in [1.165, 1.54) is 0 Å². The number of nitrogens with one attached hydrogen (secondary N) is 2. The van der Waals surface area contributed by atoms with Gasteiger partial charge in [0, 0.05) is 26.1 Å². The Morgan fingerprint density at radius 1 is 1.17 bits per heavy atom. The van der Waals surface area contributed by atoms with Crippen LogP contribution in [0.2, 0.25) is 0 Å². The van der Waals surface area contributed by atoms with E-state index in [1.807, 2.05) is 48.5 Å². The number of terminal acetylenes is 1. The van der Waals surface area contributed by atoms with Gasteiger partial charge in [0.2, 0.25) is 0 Å². The van der Waals surface area contributed by atoms with E-state index in [2.05, 4.69) is 21.5 Å². The fraction of sp³-hybridized carbons (Fsp3) is 0.318. The fourth-order valence-corrected chi connectivity index (χ4v) is 2.70. The zero-order valence-electron chi connectivity index (χ0n) is 16.7. The Bertz CT molecular complexity index is 807. The van der Waals surface area contributed by atoms with Gasteiger partial charge in [0.15, 0.2) is 17.5 Å². The van der Waals surface area contributed by atoms with E-state index in [1.54, 1.807) is 14.2 Å². The molecule has 0 spiro atoms. The normalized spacial score (nSPS) is 11.6. The molecule has 29 heavy (non-hydrogen) atoms. The highest BCUT2D eigenvalue weighted by Crippen LogP contribution is 2.27. The molecule has 2 aromatic rings. The summed E-state index contributed by atoms with van der Waals surface area (Å²) in [6.45, 7) is 1.35. The van der Waals surface area contributed by atoms with Crippen molar-refractivity contribution in [2.45, 2.75) is 12.5 Å². The van der Waals surface area contributed by atoms with E-state index in [0.717, 1.165) is 11.1 Å². The molecule has 1 atom stereocenters. The van der Waals surface area contributed by atoms with Crippen LogP contribution >= 0.6 is 24.0 Å². The predicted molar refractivity (Wildman–Crippen MR) is 127 cm³/mol. The molecule has 2 aromatic carbocycles. The number of aliphatic hydroxyl groups excluding tert-OH is 1. The van der Waals surface area contributed by atoms with Crippen LogP contribution in [0.4, 0.5) is 0 Å². The van der Waals surface area contributed by atoms with Crippen LogP contribution in [-0.4, -0.2) is 45.0 Å². The topological polar surface area (TPSA) is 75.1 Å². The maximum atomic E-state index is 9.68. The largest absolute Gasteiger partial charge is 0.493 e. The van der Waals surface area contributed by atoms with Crippen molar-refractivity contribution in [1.29, 1.82) is 0 Å². The highest BCUT2D eigenvalue weighted by Gasteiger charge is 2.11. The average molecular weight is 509 g/mol. The van der Waals surface area contributed by atoms with Crippen LogP contribution in [0, 0.1) is 12.3 Å². The molecule has 156 valence electrons. The van der Waals surface area contributed by atoms with Gasteiger partial charge in [-0.3, -0.25) is 4.99 Å². The van der Waals surface area contributed by atoms with E-state index < -0.39 is 0 Å². The first-order chi connectivity index (χ1) is 13.7. The lowest BCUT2D eigenvalue weighted by molar-refractivity contribution is 0.265. The Kier molecular flexibility index (Phi) is 11.6. The summed E-state index contributed by atoms with van der Waals surface area (Å²) < 4.78 is 10.8. The SMILES string of the molecule is C#CCOc1cc(CNC(=NC)NCC(CO)c2ccccc2)ccc1OC.I. The molecule has 6 nitrogen and oxygen atoms in total. The molecular weight excluding hydrogens is 481 g/mol. The number of nitrogens with zero attached hydrogens (tertiary/aromatic N) is 1. The standard InChI is InChI=1S/C22H27N3O3.HI/c1-4-12-28-21-13-17(10-11-20(21)27-3)14-24-22(23-2)25-15-19(16-26)18-8-6-5-7-9-18;/h1,5-11,13,19,26H,12,14-16H2,2-3H3,(H2,23,24,25);1H. The molecule has 3 N–H and O–H groups in total. The molecule has 7 heteroatoms. The number of hydrogen-bond acceptors (Lipinski definition) is 4. The van der Waals surface area contributed by atoms with E-state index >= 15 is 0 Å². The van der Waals surface area contributed by atoms with Gasteiger partial charge in [0.1, 0.15) is 6.61 Å². The molecule has 0 fully saturated rings. The van der Waals surface area contributed by atoms with Crippen molar-refractivity contribution in [3.8, 4) is 23.8 Å². The molecule has 0 bridgehead atoms. The van der Waals surface area contributed by atoms with Crippen LogP contribution in [0.25, 0.3) is 0 Å². The number of methoxy groups -OCH3 is 1. The van der Waals surface area contributed by atoms with Crippen molar-refractivity contribution in [2.24, 2.45) is 4.99 Å². The lowest BCUT2D eigenvalue weighted by atomic mass is 10.0. The second-order valence-electron chi connectivity index (χ2n) is 6.07. The van der Waals surface area contributed by atoms with Gasteiger partial charge in [-0.15, -0.1) is 30.4 Å². The Morgan fingerprint density at radius 2 is 1.93 bits per heavy atom. The highest BCUT2D eigenvalue weighted by molar-refractivity contribution is 14.0. The Hall–Kier alpha value is -2.44. The van der Waals surface area contributed by atoms with Gasteiger partial charge in [-0.05, 0) is 23.3 Å². The summed E-state index contributed by atoms with van der Waals surface area (Å²) in [4.78, 5) is 4.24. The van der Waals surface area contributed by atoms with Gasteiger partial charge in [0.25, 0.3) is 0 Å². The van der Waals surface area contributed by atoms with Crippen LogP contribution in [0.15, 0.2) is 53.5 Å². The van der Waals surface area contributed by atoms with Crippen LogP contribution in [-0.2, 0) is 6.54 Å². The third-order valence-corrected chi connectivity index (χ3v) is 4.23. The number of guanidine groups is 1. The van der Waals surface area contributed by atoms with Crippen molar-refractivity contribution >= 4 is 29.9 Å². The van der Waals surface area contributed by atoms with Crippen molar-refractivity contribution in [3.63, 3.8) is 0 Å². The summed E-state index contributed by atoms with van der Waals surface area (Å²) in [5.41, 5.74) is 2.08. The number of aliphatic imine (C=N–C) groups is 1. The molecular formula is C22H28IN3O3. The summed E-state index contributed by atoms with van der Waals surface area (Å²) >= 11 is 0. The first-order valence-electron chi connectivity index (χ1n) is 9.05. The number of rotatable bonds is 9. The number of halogens is 1. The fourth-order valence-electron chi connectivity index (χ4n) is 2.70. The van der Waals surface area contributed by atoms with Gasteiger partial charge in [-0.2, -0.15) is 0 Å². The van der Waals surface area contributed by atoms with E-state index in [0.29, 0.717) is 30.5 Å². The molecule has 0 aliphatic heterocycles. The smallest absolute Gasteiger partial charge is 0.191 e. The van der Waals surface area contributed by atoms with Gasteiger partial charge < -0.3 is 25.2 Å². The summed E-state index contributed by atoms with van der Waals surface area (Å²) in [7, 11) is 3.30. The van der Waals surface area contributed by atoms with E-state index in [4.69, 9.17) is 15.9 Å². The van der Waals surface area contributed by atoms with Gasteiger partial charge in [-0.1, -0.05) is 42.3 Å². The predicted octanol–water partition coefficient (Wildman–Crippen LogP) is 2.77. The monoisotopic (exact) mass is 509 g/mol. The molecule has 0 aliphatic carbocycles. The average Bonchev–Trinajstić information content (AvgIpc) is 2.75. The molecule has 0 saturated heterocycles. The lowest BCUT2D eigenvalue weighted by Gasteiger charge is -2.18. The van der Waals surface area contributed by atoms with Crippen LogP contribution < -0.4 is 20.1 Å². The summed E-state index contributed by atoms with van der Waals surface area (Å²) in [6, 6.07) is 15.6. The highest BCUT2D eigenvalue weighted by atomic mass is 127. The minimum absolute atomic E-state index is 0. The Labute approximate surface area is 189 Å². The van der Waals surface area contributed by atoms with Crippen molar-refractivity contribution in [3.05, 3.63) is 59.7 Å². The zero-order chi connectivity index (χ0) is 20.2. The molecule has 0 radical (unpaired) electrons. The van der Waals surface area contributed by atoms with Crippen LogP contribution in [0.1, 0.15) is 17.0 Å². The van der Waals surface area contributed by atoms with E-state index in [9.17, 15) is 5.11 Å². The van der Waals surface area contributed by atoms with Crippen LogP contribution in [0.3, 0.4) is 0 Å². The maximum absolute atomic E-state index is 9.68. The molecule has 0 aliphatic rings. The second kappa shape index (κ2) is 13.7. The van der Waals surface area contributed by atoms with Crippen molar-refractivity contribution < 1.29 is 14.6 Å². The third kappa shape index (κ3) is 7.83. The van der Waals surface area contributed by atoms with Crippen LogP contribution in [0.5, 0.6) is 11.5 Å². The second-order valence-corrected chi connectivity index (χ2v) is 6.07. The first kappa shape index (κ1) is 24.6. The lowest BCUT2D eigenvalue weighted by Crippen LogP contribution is -2.39. The number of hydrogen-bond donors (Lipinski definition) is 3. The summed E-state index contributed by atoms with van der Waals surface area (Å²) in [5.74, 6) is 4.33. The van der Waals surface area contributed by atoms with Gasteiger partial charge >= 0.3 is 0 Å². The molecule has 0 saturated carbocycles. The number of aliphatic hydroxyl groups is 1. The Balaban J connectivity index is 0.00000420. The first-order valence-corrected chi connectivity index (χ1v) is 9.05. The summed E-state index contributed by atoms with van der Waals surface area (Å²) in [5, 5.41) is 16.2. The minimum atomic E-state index is -0.00972. The maximum Gasteiger partial charge on any atom is 0.191 e. The molecule has 0 aromatic heterocycles. The van der Waals surface area contributed by atoms with Crippen molar-refractivity contribution in [1.82, 2.24) is 10.6 Å². The number of benzene rings is 2.